The zero-order valence-electron chi connectivity index (χ0n) is 29.9. The van der Waals surface area contributed by atoms with Crippen molar-refractivity contribution in [2.24, 2.45) is 0 Å². The van der Waals surface area contributed by atoms with E-state index in [2.05, 4.69) is 13.8 Å². The van der Waals surface area contributed by atoms with E-state index in [9.17, 15) is 4.79 Å². The molecule has 1 unspecified atom stereocenters. The zero-order chi connectivity index (χ0) is 32.1. The Morgan fingerprint density at radius 2 is 0.767 bits per heavy atom. The van der Waals surface area contributed by atoms with Crippen LogP contribution >= 0.6 is 0 Å². The lowest BCUT2D eigenvalue weighted by Crippen LogP contribution is -2.27. The van der Waals surface area contributed by atoms with Crippen LogP contribution in [0.4, 0.5) is 0 Å². The molecular weight excluding hydrogens is 540 g/mol. The highest BCUT2D eigenvalue weighted by Crippen LogP contribution is 2.14. The van der Waals surface area contributed by atoms with Gasteiger partial charge in [-0.15, -0.1) is 0 Å². The van der Waals surface area contributed by atoms with E-state index in [4.69, 9.17) is 23.7 Å². The predicted octanol–water partition coefficient (Wildman–Crippen LogP) is 10.6. The van der Waals surface area contributed by atoms with E-state index < -0.39 is 0 Å². The van der Waals surface area contributed by atoms with Crippen molar-refractivity contribution >= 4 is 5.97 Å². The zero-order valence-corrected chi connectivity index (χ0v) is 29.9. The van der Waals surface area contributed by atoms with Crippen molar-refractivity contribution in [1.29, 1.82) is 0 Å². The van der Waals surface area contributed by atoms with Crippen LogP contribution in [0.25, 0.3) is 0 Å². The summed E-state index contributed by atoms with van der Waals surface area (Å²) >= 11 is 0. The third-order valence-electron chi connectivity index (χ3n) is 8.05. The maximum Gasteiger partial charge on any atom is 0.306 e. The number of carbonyl (C=O) groups is 1. The number of methoxy groups -OCH3 is 4. The Morgan fingerprint density at radius 3 is 1.12 bits per heavy atom. The molecule has 0 N–H and O–H groups in total. The topological polar surface area (TPSA) is 63.2 Å². The minimum Gasteiger partial charge on any atom is -0.457 e. The summed E-state index contributed by atoms with van der Waals surface area (Å²) in [6, 6.07) is 0. The smallest absolute Gasteiger partial charge is 0.306 e. The van der Waals surface area contributed by atoms with E-state index >= 15 is 0 Å². The molecule has 0 aromatic carbocycles. The monoisotopic (exact) mass is 617 g/mol. The molecule has 0 aromatic rings. The van der Waals surface area contributed by atoms with Crippen LogP contribution < -0.4 is 0 Å². The van der Waals surface area contributed by atoms with Gasteiger partial charge in [0, 0.05) is 34.9 Å². The molecule has 260 valence electrons. The van der Waals surface area contributed by atoms with Crippen molar-refractivity contribution in [3.8, 4) is 0 Å². The molecule has 0 aromatic heterocycles. The molecule has 0 heterocycles. The van der Waals surface area contributed by atoms with Gasteiger partial charge in [-0.3, -0.25) is 4.79 Å². The molecule has 0 amide bonds. The van der Waals surface area contributed by atoms with Crippen molar-refractivity contribution in [3.05, 3.63) is 0 Å². The molecule has 6 nitrogen and oxygen atoms in total. The lowest BCUT2D eigenvalue weighted by atomic mass is 10.0. The maximum absolute atomic E-state index is 11.7. The van der Waals surface area contributed by atoms with Crippen molar-refractivity contribution in [2.75, 3.05) is 48.3 Å². The summed E-state index contributed by atoms with van der Waals surface area (Å²) in [6.45, 7) is 6.04. The third-order valence-corrected chi connectivity index (χ3v) is 8.05. The number of unbranched alkanes of at least 4 members (excludes halogenated alkanes) is 21. The number of esters is 1. The van der Waals surface area contributed by atoms with Crippen LogP contribution in [-0.4, -0.2) is 66.4 Å². The number of hydrogen-bond acceptors (Lipinski definition) is 6. The second-order valence-corrected chi connectivity index (χ2v) is 12.3. The fraction of sp³-hybridized carbons (Fsp3) is 0.973. The Bertz CT molecular complexity index is 509. The molecule has 0 aliphatic heterocycles. The van der Waals surface area contributed by atoms with E-state index in [1.165, 1.54) is 135 Å². The number of rotatable bonds is 33. The van der Waals surface area contributed by atoms with Gasteiger partial charge in [-0.2, -0.15) is 0 Å². The summed E-state index contributed by atoms with van der Waals surface area (Å²) in [7, 11) is 6.72. The van der Waals surface area contributed by atoms with Crippen LogP contribution in [-0.2, 0) is 28.5 Å². The first-order valence-electron chi connectivity index (χ1n) is 18.3. The fourth-order valence-electron chi connectivity index (χ4n) is 5.33. The van der Waals surface area contributed by atoms with Crippen molar-refractivity contribution in [2.45, 2.75) is 187 Å². The van der Waals surface area contributed by atoms with Gasteiger partial charge in [0.15, 0.2) is 0 Å². The van der Waals surface area contributed by atoms with E-state index in [-0.39, 0.29) is 12.1 Å². The van der Waals surface area contributed by atoms with Gasteiger partial charge in [-0.25, -0.2) is 0 Å². The van der Waals surface area contributed by atoms with Gasteiger partial charge in [0.05, 0.1) is 25.9 Å². The largest absolute Gasteiger partial charge is 0.457 e. The Morgan fingerprint density at radius 1 is 0.442 bits per heavy atom. The van der Waals surface area contributed by atoms with Crippen LogP contribution in [0.3, 0.4) is 0 Å². The Hall–Kier alpha value is -0.690. The van der Waals surface area contributed by atoms with Crippen molar-refractivity contribution < 1.29 is 28.5 Å². The average Bonchev–Trinajstić information content (AvgIpc) is 3.00. The predicted molar refractivity (Wildman–Crippen MR) is 183 cm³/mol. The van der Waals surface area contributed by atoms with Crippen LogP contribution in [0.15, 0.2) is 0 Å². The SMILES string of the molecule is CCCCCCCCCCCCCC(=O)OC(COC)COC.CCCCCCCCCCCCCCC(COC)OC. The van der Waals surface area contributed by atoms with E-state index in [1.807, 2.05) is 0 Å². The third kappa shape index (κ3) is 37.4. The minimum atomic E-state index is -0.287. The number of hydrogen-bond donors (Lipinski definition) is 0. The van der Waals surface area contributed by atoms with Crippen LogP contribution in [0.1, 0.15) is 174 Å². The molecule has 0 aliphatic carbocycles. The minimum absolute atomic E-state index is 0.139. The Balaban J connectivity index is 0. The standard InChI is InChI=1S/C19H38O4.C18H38O2/c1-4-5-6-7-8-9-10-11-12-13-14-15-19(20)23-18(16-21-2)17-22-3;1-4-5-6-7-8-9-10-11-12-13-14-15-16-18(20-3)17-19-2/h18H,4-17H2,1-3H3;18H,4-17H2,1-3H3. The molecule has 0 saturated carbocycles. The quantitative estimate of drug-likeness (QED) is 0.0540. The summed E-state index contributed by atoms with van der Waals surface area (Å²) in [6.07, 6.45) is 32.6. The molecule has 0 fully saturated rings. The maximum atomic E-state index is 11.7. The fourth-order valence-corrected chi connectivity index (χ4v) is 5.33. The Labute approximate surface area is 269 Å². The molecule has 0 aliphatic rings. The highest BCUT2D eigenvalue weighted by atomic mass is 16.6. The van der Waals surface area contributed by atoms with Crippen LogP contribution in [0.5, 0.6) is 0 Å². The molecule has 0 spiro atoms. The van der Waals surface area contributed by atoms with Crippen LogP contribution in [0.2, 0.25) is 0 Å². The van der Waals surface area contributed by atoms with E-state index in [1.54, 1.807) is 28.4 Å². The number of ether oxygens (including phenoxy) is 5. The lowest BCUT2D eigenvalue weighted by Gasteiger charge is -2.16. The molecule has 0 saturated heterocycles. The van der Waals surface area contributed by atoms with E-state index in [0.29, 0.717) is 25.7 Å². The summed E-state index contributed by atoms with van der Waals surface area (Å²) in [5.41, 5.74) is 0. The molecule has 1 atom stereocenters. The van der Waals surface area contributed by atoms with Gasteiger partial charge in [-0.1, -0.05) is 155 Å². The number of carbonyl (C=O) groups excluding carboxylic acids is 1. The first-order chi connectivity index (χ1) is 21.1. The van der Waals surface area contributed by atoms with Gasteiger partial charge in [0.25, 0.3) is 0 Å². The van der Waals surface area contributed by atoms with Crippen molar-refractivity contribution in [1.82, 2.24) is 0 Å². The normalized spacial score (nSPS) is 11.9. The first kappa shape index (κ1) is 44.4. The summed E-state index contributed by atoms with van der Waals surface area (Å²) in [4.78, 5) is 11.7. The first-order valence-corrected chi connectivity index (χ1v) is 18.3. The van der Waals surface area contributed by atoms with Crippen LogP contribution in [0, 0.1) is 0 Å². The molecule has 43 heavy (non-hydrogen) atoms. The lowest BCUT2D eigenvalue weighted by molar-refractivity contribution is -0.154. The summed E-state index contributed by atoms with van der Waals surface area (Å²) in [5, 5.41) is 0. The van der Waals surface area contributed by atoms with Gasteiger partial charge in [0.2, 0.25) is 0 Å². The summed E-state index contributed by atoms with van der Waals surface area (Å²) in [5.74, 6) is -0.139. The van der Waals surface area contributed by atoms with Gasteiger partial charge in [0.1, 0.15) is 6.10 Å². The molecule has 0 bridgehead atoms. The van der Waals surface area contributed by atoms with Gasteiger partial charge >= 0.3 is 5.97 Å². The second kappa shape index (κ2) is 39.3. The van der Waals surface area contributed by atoms with Crippen molar-refractivity contribution in [3.63, 3.8) is 0 Å². The molecule has 0 rings (SSSR count). The van der Waals surface area contributed by atoms with Gasteiger partial charge < -0.3 is 23.7 Å². The molecular formula is C37H76O6. The van der Waals surface area contributed by atoms with Gasteiger partial charge in [-0.05, 0) is 12.8 Å². The summed E-state index contributed by atoms with van der Waals surface area (Å²) < 4.78 is 25.9. The molecule has 0 radical (unpaired) electrons. The highest BCUT2D eigenvalue weighted by molar-refractivity contribution is 5.69. The van der Waals surface area contributed by atoms with E-state index in [0.717, 1.165) is 25.9 Å². The average molecular weight is 617 g/mol. The Kier molecular flexibility index (Phi) is 40.6. The highest BCUT2D eigenvalue weighted by Gasteiger charge is 2.13. The second-order valence-electron chi connectivity index (χ2n) is 12.3. The molecule has 6 heteroatoms.